The van der Waals surface area contributed by atoms with E-state index in [1.165, 1.54) is 16.0 Å². The van der Waals surface area contributed by atoms with Gasteiger partial charge in [-0.15, -0.1) is 11.3 Å². The molecule has 0 saturated heterocycles. The molecule has 0 spiro atoms. The van der Waals surface area contributed by atoms with Gasteiger partial charge in [-0.05, 0) is 30.3 Å². The first-order valence-electron chi connectivity index (χ1n) is 5.84. The molecule has 3 rings (SSSR count). The van der Waals surface area contributed by atoms with Gasteiger partial charge in [0.15, 0.2) is 0 Å². The Morgan fingerprint density at radius 2 is 2.10 bits per heavy atom. The van der Waals surface area contributed by atoms with Crippen LogP contribution in [0.4, 0.5) is 14.5 Å². The molecule has 2 aromatic heterocycles. The van der Waals surface area contributed by atoms with Gasteiger partial charge in [0.25, 0.3) is 6.43 Å². The van der Waals surface area contributed by atoms with Crippen LogP contribution in [0.3, 0.4) is 0 Å². The summed E-state index contributed by atoms with van der Waals surface area (Å²) in [5, 5.41) is 5.04. The highest BCUT2D eigenvalue weighted by Crippen LogP contribution is 2.35. The maximum absolute atomic E-state index is 12.6. The Morgan fingerprint density at radius 3 is 2.75 bits per heavy atom. The van der Waals surface area contributed by atoms with Crippen molar-refractivity contribution < 1.29 is 8.78 Å². The van der Waals surface area contributed by atoms with Crippen molar-refractivity contribution in [3.8, 4) is 10.6 Å². The number of benzene rings is 1. The highest BCUT2D eigenvalue weighted by atomic mass is 35.5. The first-order valence-corrected chi connectivity index (χ1v) is 7.04. The number of hydrogen-bond acceptors (Lipinski definition) is 3. The van der Waals surface area contributed by atoms with E-state index in [1.807, 2.05) is 6.07 Å². The molecular formula is C13H10ClF2N3S. The van der Waals surface area contributed by atoms with Gasteiger partial charge in [0.1, 0.15) is 12.2 Å². The van der Waals surface area contributed by atoms with E-state index in [1.54, 1.807) is 24.3 Å². The molecule has 3 nitrogen and oxygen atoms in total. The average Bonchev–Trinajstić information content (AvgIpc) is 2.93. The fourth-order valence-electron chi connectivity index (χ4n) is 2.09. The molecule has 0 radical (unpaired) electrons. The quantitative estimate of drug-likeness (QED) is 0.734. The van der Waals surface area contributed by atoms with E-state index in [2.05, 4.69) is 5.10 Å². The summed E-state index contributed by atoms with van der Waals surface area (Å²) >= 11 is 7.28. The van der Waals surface area contributed by atoms with Gasteiger partial charge >= 0.3 is 0 Å². The third-order valence-corrected chi connectivity index (χ3v) is 4.13. The van der Waals surface area contributed by atoms with Gasteiger partial charge in [0, 0.05) is 11.1 Å². The van der Waals surface area contributed by atoms with Crippen molar-refractivity contribution in [3.05, 3.63) is 34.7 Å². The third-order valence-electron chi connectivity index (χ3n) is 2.89. The van der Waals surface area contributed by atoms with Gasteiger partial charge in [-0.25, -0.2) is 8.78 Å². The maximum Gasteiger partial charge on any atom is 0.257 e. The summed E-state index contributed by atoms with van der Waals surface area (Å²) in [6, 6.07) is 8.71. The van der Waals surface area contributed by atoms with Crippen LogP contribution in [0, 0.1) is 0 Å². The van der Waals surface area contributed by atoms with Crippen LogP contribution < -0.4 is 5.73 Å². The number of hydrogen-bond donors (Lipinski definition) is 1. The lowest BCUT2D eigenvalue weighted by atomic mass is 10.1. The number of thiophene rings is 1. The summed E-state index contributed by atoms with van der Waals surface area (Å²) in [6.07, 6.45) is -2.46. The molecule has 7 heteroatoms. The molecule has 0 aliphatic heterocycles. The predicted molar refractivity (Wildman–Crippen MR) is 78.5 cm³/mol. The molecule has 3 aromatic rings. The summed E-state index contributed by atoms with van der Waals surface area (Å²) in [5.74, 6) is 0. The lowest BCUT2D eigenvalue weighted by molar-refractivity contribution is 0.123. The fraction of sp³-hybridized carbons (Fsp3) is 0.154. The molecule has 104 valence electrons. The van der Waals surface area contributed by atoms with Crippen molar-refractivity contribution >= 4 is 39.5 Å². The second-order valence-corrected chi connectivity index (χ2v) is 6.02. The van der Waals surface area contributed by atoms with Crippen molar-refractivity contribution in [2.75, 3.05) is 5.73 Å². The first-order chi connectivity index (χ1) is 9.54. The van der Waals surface area contributed by atoms with E-state index in [0.717, 1.165) is 10.3 Å². The van der Waals surface area contributed by atoms with Crippen molar-refractivity contribution in [2.24, 2.45) is 0 Å². The molecule has 20 heavy (non-hydrogen) atoms. The second kappa shape index (κ2) is 5.03. The minimum Gasteiger partial charge on any atom is -0.399 e. The van der Waals surface area contributed by atoms with Crippen LogP contribution in [0.25, 0.3) is 21.5 Å². The van der Waals surface area contributed by atoms with Crippen LogP contribution in [0.1, 0.15) is 0 Å². The zero-order valence-electron chi connectivity index (χ0n) is 10.2. The van der Waals surface area contributed by atoms with Crippen LogP contribution in [0.2, 0.25) is 4.34 Å². The fourth-order valence-corrected chi connectivity index (χ4v) is 3.13. The van der Waals surface area contributed by atoms with Crippen molar-refractivity contribution in [1.82, 2.24) is 9.78 Å². The highest BCUT2D eigenvalue weighted by Gasteiger charge is 2.16. The van der Waals surface area contributed by atoms with Gasteiger partial charge in [0.2, 0.25) is 0 Å². The Labute approximate surface area is 122 Å². The summed E-state index contributed by atoms with van der Waals surface area (Å²) in [7, 11) is 0. The van der Waals surface area contributed by atoms with Crippen LogP contribution in [-0.2, 0) is 6.54 Å². The Hall–Kier alpha value is -1.66. The summed E-state index contributed by atoms with van der Waals surface area (Å²) in [4.78, 5) is 0.832. The van der Waals surface area contributed by atoms with Crippen LogP contribution >= 0.6 is 22.9 Å². The van der Waals surface area contributed by atoms with Gasteiger partial charge in [-0.3, -0.25) is 4.68 Å². The van der Waals surface area contributed by atoms with Crippen molar-refractivity contribution in [2.45, 2.75) is 13.0 Å². The average molecular weight is 314 g/mol. The van der Waals surface area contributed by atoms with E-state index in [0.29, 0.717) is 21.2 Å². The van der Waals surface area contributed by atoms with E-state index in [4.69, 9.17) is 17.3 Å². The van der Waals surface area contributed by atoms with Gasteiger partial charge < -0.3 is 5.73 Å². The normalized spacial score (nSPS) is 11.6. The monoisotopic (exact) mass is 313 g/mol. The number of anilines is 1. The summed E-state index contributed by atoms with van der Waals surface area (Å²) in [5.41, 5.74) is 7.61. The minimum absolute atomic E-state index is 0.445. The largest absolute Gasteiger partial charge is 0.399 e. The lowest BCUT2D eigenvalue weighted by Crippen LogP contribution is -2.07. The number of nitrogens with zero attached hydrogens (tertiary/aromatic N) is 2. The van der Waals surface area contributed by atoms with E-state index in [-0.39, 0.29) is 0 Å². The molecule has 0 atom stereocenters. The molecule has 2 heterocycles. The lowest BCUT2D eigenvalue weighted by Gasteiger charge is -2.01. The smallest absolute Gasteiger partial charge is 0.257 e. The topological polar surface area (TPSA) is 43.8 Å². The zero-order valence-corrected chi connectivity index (χ0v) is 11.8. The molecule has 1 aromatic carbocycles. The van der Waals surface area contributed by atoms with Crippen LogP contribution in [-0.4, -0.2) is 16.2 Å². The molecule has 2 N–H and O–H groups in total. The molecule has 0 saturated carbocycles. The van der Waals surface area contributed by atoms with Crippen molar-refractivity contribution in [1.29, 1.82) is 0 Å². The Kier molecular flexibility index (Phi) is 3.35. The van der Waals surface area contributed by atoms with Gasteiger partial charge in [-0.1, -0.05) is 11.6 Å². The standard InChI is InChI=1S/C13H10ClF2N3S/c14-11-4-3-10(20-11)13-8-5-7(17)1-2-9(8)19(18-13)6-12(15)16/h1-5,12H,6,17H2. The number of nitrogen functional groups attached to an aromatic ring is 1. The maximum atomic E-state index is 12.6. The first kappa shape index (κ1) is 13.3. The van der Waals surface area contributed by atoms with Gasteiger partial charge in [-0.2, -0.15) is 5.10 Å². The van der Waals surface area contributed by atoms with E-state index in [9.17, 15) is 8.78 Å². The molecule has 0 unspecified atom stereocenters. The number of rotatable bonds is 3. The number of nitrogens with two attached hydrogens (primary N) is 1. The van der Waals surface area contributed by atoms with E-state index >= 15 is 0 Å². The third kappa shape index (κ3) is 2.36. The molecule has 0 aliphatic carbocycles. The minimum atomic E-state index is -2.46. The van der Waals surface area contributed by atoms with Crippen LogP contribution in [0.5, 0.6) is 0 Å². The summed E-state index contributed by atoms with van der Waals surface area (Å²) < 4.78 is 27.2. The SMILES string of the molecule is Nc1ccc2c(c1)c(-c1ccc(Cl)s1)nn2CC(F)F. The Morgan fingerprint density at radius 1 is 1.30 bits per heavy atom. The molecule has 0 fully saturated rings. The predicted octanol–water partition coefficient (Wildman–Crippen LogP) is 4.27. The zero-order chi connectivity index (χ0) is 14.3. The molecule has 0 amide bonds. The number of fused-ring (bicyclic) bond motifs is 1. The number of aromatic nitrogens is 2. The van der Waals surface area contributed by atoms with Crippen LogP contribution in [0.15, 0.2) is 30.3 Å². The highest BCUT2D eigenvalue weighted by molar-refractivity contribution is 7.19. The molecular weight excluding hydrogens is 304 g/mol. The molecule has 0 bridgehead atoms. The Bertz CT molecular complexity index is 766. The van der Waals surface area contributed by atoms with Gasteiger partial charge in [0.05, 0.1) is 14.7 Å². The number of halogens is 3. The van der Waals surface area contributed by atoms with Crippen molar-refractivity contribution in [3.63, 3.8) is 0 Å². The molecule has 0 aliphatic rings. The summed E-state index contributed by atoms with van der Waals surface area (Å²) in [6.45, 7) is -0.445. The second-order valence-electron chi connectivity index (χ2n) is 4.30. The Balaban J connectivity index is 2.23. The number of alkyl halides is 2. The van der Waals surface area contributed by atoms with E-state index < -0.39 is 13.0 Å².